The number of likely N-dealkylation sites (N-methyl/N-ethyl adjacent to an activating group) is 1. The van der Waals surface area contributed by atoms with Crippen LogP contribution >= 0.6 is 0 Å². The average Bonchev–Trinajstić information content (AvgIpc) is 2.56. The third kappa shape index (κ3) is 3.94. The number of carbonyl (C=O) groups is 1. The van der Waals surface area contributed by atoms with Crippen LogP contribution in [0.25, 0.3) is 0 Å². The number of carbonyl (C=O) groups excluding carboxylic acids is 1. The summed E-state index contributed by atoms with van der Waals surface area (Å²) in [7, 11) is 2.14. The van der Waals surface area contributed by atoms with Gasteiger partial charge in [0.05, 0.1) is 5.56 Å². The van der Waals surface area contributed by atoms with Gasteiger partial charge in [-0.05, 0) is 62.4 Å². The Morgan fingerprint density at radius 2 is 1.76 bits per heavy atom. The predicted molar refractivity (Wildman–Crippen MR) is 102 cm³/mol. The Morgan fingerprint density at radius 1 is 1.04 bits per heavy atom. The molecule has 0 spiro atoms. The number of aromatic hydroxyl groups is 1. The van der Waals surface area contributed by atoms with Crippen LogP contribution in [0.4, 0.5) is 11.4 Å². The number of phenols is 1. The van der Waals surface area contributed by atoms with Crippen LogP contribution in [0.5, 0.6) is 5.75 Å². The van der Waals surface area contributed by atoms with Crippen molar-refractivity contribution in [1.29, 1.82) is 0 Å². The third-order valence-corrected chi connectivity index (χ3v) is 4.70. The lowest BCUT2D eigenvalue weighted by molar-refractivity contribution is 0.102. The number of nitrogens with zero attached hydrogens (tertiary/aromatic N) is 2. The summed E-state index contributed by atoms with van der Waals surface area (Å²) in [5.74, 6) is -0.299. The molecule has 0 aromatic heterocycles. The van der Waals surface area contributed by atoms with E-state index in [0.717, 1.165) is 43.0 Å². The van der Waals surface area contributed by atoms with E-state index in [-0.39, 0.29) is 17.2 Å². The number of piperazine rings is 1. The molecule has 2 aromatic carbocycles. The van der Waals surface area contributed by atoms with Gasteiger partial charge in [-0.25, -0.2) is 0 Å². The molecule has 2 N–H and O–H groups in total. The van der Waals surface area contributed by atoms with Gasteiger partial charge in [0.2, 0.25) is 0 Å². The molecule has 0 unspecified atom stereocenters. The summed E-state index contributed by atoms with van der Waals surface area (Å²) in [6.07, 6.45) is 0. The topological polar surface area (TPSA) is 55.8 Å². The van der Waals surface area contributed by atoms with Gasteiger partial charge in [-0.15, -0.1) is 0 Å². The number of hydrogen-bond donors (Lipinski definition) is 2. The van der Waals surface area contributed by atoms with Gasteiger partial charge >= 0.3 is 0 Å². The van der Waals surface area contributed by atoms with E-state index in [2.05, 4.69) is 35.2 Å². The van der Waals surface area contributed by atoms with Crippen molar-refractivity contribution in [3.05, 3.63) is 53.1 Å². The largest absolute Gasteiger partial charge is 0.507 e. The number of phenolic OH excluding ortho intramolecular Hbond substituents is 1. The van der Waals surface area contributed by atoms with Crippen molar-refractivity contribution >= 4 is 17.3 Å². The van der Waals surface area contributed by atoms with Gasteiger partial charge in [0, 0.05) is 37.6 Å². The van der Waals surface area contributed by atoms with E-state index >= 15 is 0 Å². The minimum Gasteiger partial charge on any atom is -0.507 e. The van der Waals surface area contributed by atoms with Crippen LogP contribution in [0.15, 0.2) is 36.4 Å². The van der Waals surface area contributed by atoms with Crippen molar-refractivity contribution < 1.29 is 9.90 Å². The quantitative estimate of drug-likeness (QED) is 0.903. The van der Waals surface area contributed by atoms with Crippen molar-refractivity contribution in [1.82, 2.24) is 4.90 Å². The molecule has 0 radical (unpaired) electrons. The van der Waals surface area contributed by atoms with E-state index in [1.165, 1.54) is 5.69 Å². The molecule has 132 valence electrons. The average molecular weight is 339 g/mol. The van der Waals surface area contributed by atoms with Gasteiger partial charge in [-0.1, -0.05) is 6.07 Å². The molecular weight excluding hydrogens is 314 g/mol. The van der Waals surface area contributed by atoms with Crippen LogP contribution in [0, 0.1) is 13.8 Å². The minimum absolute atomic E-state index is 0.00304. The lowest BCUT2D eigenvalue weighted by Crippen LogP contribution is -2.44. The highest BCUT2D eigenvalue weighted by molar-refractivity contribution is 6.06. The second-order valence-corrected chi connectivity index (χ2v) is 6.77. The Bertz CT molecular complexity index is 781. The maximum atomic E-state index is 12.4. The molecule has 1 heterocycles. The number of aryl methyl sites for hydroxylation is 2. The molecule has 1 amide bonds. The molecule has 0 aliphatic carbocycles. The molecule has 5 heteroatoms. The van der Waals surface area contributed by atoms with Gasteiger partial charge in [0.25, 0.3) is 5.91 Å². The molecule has 3 rings (SSSR count). The van der Waals surface area contributed by atoms with Crippen molar-refractivity contribution in [2.24, 2.45) is 0 Å². The predicted octanol–water partition coefficient (Wildman–Crippen LogP) is 3.01. The molecule has 5 nitrogen and oxygen atoms in total. The van der Waals surface area contributed by atoms with Crippen LogP contribution in [-0.4, -0.2) is 49.1 Å². The van der Waals surface area contributed by atoms with Crippen molar-refractivity contribution in [2.75, 3.05) is 43.4 Å². The molecule has 1 aliphatic heterocycles. The summed E-state index contributed by atoms with van der Waals surface area (Å²) < 4.78 is 0. The van der Waals surface area contributed by atoms with Crippen LogP contribution in [0.2, 0.25) is 0 Å². The van der Waals surface area contributed by atoms with E-state index in [1.807, 2.05) is 25.1 Å². The molecular formula is C20H25N3O2. The number of amides is 1. The summed E-state index contributed by atoms with van der Waals surface area (Å²) in [4.78, 5) is 17.1. The lowest BCUT2D eigenvalue weighted by Gasteiger charge is -2.35. The van der Waals surface area contributed by atoms with Crippen LogP contribution in [-0.2, 0) is 0 Å². The highest BCUT2D eigenvalue weighted by Crippen LogP contribution is 2.26. The number of hydrogen-bond acceptors (Lipinski definition) is 4. The fourth-order valence-corrected chi connectivity index (χ4v) is 3.17. The standard InChI is InChI=1S/C20H25N3O2/c1-14-4-6-17(19(24)12-14)20(25)21-16-5-7-18(15(2)13-16)23-10-8-22(3)9-11-23/h4-7,12-13,24H,8-11H2,1-3H3,(H,21,25). The molecule has 0 atom stereocenters. The van der Waals surface area contributed by atoms with Gasteiger partial charge in [-0.2, -0.15) is 0 Å². The summed E-state index contributed by atoms with van der Waals surface area (Å²) in [5.41, 5.74) is 4.29. The Balaban J connectivity index is 1.73. The van der Waals surface area contributed by atoms with Crippen LogP contribution in [0.3, 0.4) is 0 Å². The molecule has 1 saturated heterocycles. The summed E-state index contributed by atoms with van der Waals surface area (Å²) in [5, 5.41) is 12.8. The Morgan fingerprint density at radius 3 is 2.40 bits per heavy atom. The molecule has 1 fully saturated rings. The van der Waals surface area contributed by atoms with Gasteiger partial charge < -0.3 is 20.2 Å². The SMILES string of the molecule is Cc1ccc(C(=O)Nc2ccc(N3CCN(C)CC3)c(C)c2)c(O)c1. The van der Waals surface area contributed by atoms with E-state index in [4.69, 9.17) is 0 Å². The Kier molecular flexibility index (Phi) is 4.95. The zero-order chi connectivity index (χ0) is 18.0. The molecule has 0 bridgehead atoms. The highest BCUT2D eigenvalue weighted by atomic mass is 16.3. The van der Waals surface area contributed by atoms with E-state index in [9.17, 15) is 9.90 Å². The van der Waals surface area contributed by atoms with Crippen molar-refractivity contribution in [2.45, 2.75) is 13.8 Å². The van der Waals surface area contributed by atoms with Crippen molar-refractivity contribution in [3.63, 3.8) is 0 Å². The minimum atomic E-state index is -0.302. The lowest BCUT2D eigenvalue weighted by atomic mass is 10.1. The smallest absolute Gasteiger partial charge is 0.259 e. The van der Waals surface area contributed by atoms with Gasteiger partial charge in [-0.3, -0.25) is 4.79 Å². The fraction of sp³-hybridized carbons (Fsp3) is 0.350. The second kappa shape index (κ2) is 7.15. The Labute approximate surface area is 148 Å². The zero-order valence-electron chi connectivity index (χ0n) is 15.0. The maximum absolute atomic E-state index is 12.4. The number of nitrogens with one attached hydrogen (secondary N) is 1. The summed E-state index contributed by atoms with van der Waals surface area (Å²) in [6.45, 7) is 8.09. The maximum Gasteiger partial charge on any atom is 0.259 e. The number of benzene rings is 2. The first-order chi connectivity index (χ1) is 11.9. The van der Waals surface area contributed by atoms with Gasteiger partial charge in [0.1, 0.15) is 5.75 Å². The first-order valence-corrected chi connectivity index (χ1v) is 8.59. The molecule has 2 aromatic rings. The summed E-state index contributed by atoms with van der Waals surface area (Å²) in [6, 6.07) is 11.0. The Hall–Kier alpha value is -2.53. The van der Waals surface area contributed by atoms with E-state index in [1.54, 1.807) is 12.1 Å². The van der Waals surface area contributed by atoms with E-state index in [0.29, 0.717) is 0 Å². The zero-order valence-corrected chi connectivity index (χ0v) is 15.0. The van der Waals surface area contributed by atoms with Gasteiger partial charge in [0.15, 0.2) is 0 Å². The first kappa shape index (κ1) is 17.3. The number of rotatable bonds is 3. The number of anilines is 2. The normalized spacial score (nSPS) is 15.2. The molecule has 25 heavy (non-hydrogen) atoms. The van der Waals surface area contributed by atoms with E-state index < -0.39 is 0 Å². The fourth-order valence-electron chi connectivity index (χ4n) is 3.17. The second-order valence-electron chi connectivity index (χ2n) is 6.77. The third-order valence-electron chi connectivity index (χ3n) is 4.70. The summed E-state index contributed by atoms with van der Waals surface area (Å²) >= 11 is 0. The van der Waals surface area contributed by atoms with Crippen LogP contribution < -0.4 is 10.2 Å². The van der Waals surface area contributed by atoms with Crippen molar-refractivity contribution in [3.8, 4) is 5.75 Å². The highest BCUT2D eigenvalue weighted by Gasteiger charge is 2.17. The monoisotopic (exact) mass is 339 g/mol. The molecule has 0 saturated carbocycles. The van der Waals surface area contributed by atoms with Crippen LogP contribution in [0.1, 0.15) is 21.5 Å². The first-order valence-electron chi connectivity index (χ1n) is 8.59. The molecule has 1 aliphatic rings.